The maximum Gasteiger partial charge on any atom is 4.00 e. The molecule has 0 heterocycles. The Morgan fingerprint density at radius 2 is 1.18 bits per heavy atom. The summed E-state index contributed by atoms with van der Waals surface area (Å²) in [6.45, 7) is 6.74. The van der Waals surface area contributed by atoms with Gasteiger partial charge in [-0.1, -0.05) is 69.4 Å². The number of aryl methyl sites for hydroxylation is 1. The quantitative estimate of drug-likeness (QED) is 0.130. The van der Waals surface area contributed by atoms with E-state index in [4.69, 9.17) is 0 Å². The van der Waals surface area contributed by atoms with Gasteiger partial charge in [-0.2, -0.15) is 37.7 Å². The van der Waals surface area contributed by atoms with Gasteiger partial charge in [0.15, 0.2) is 0 Å². The van der Waals surface area contributed by atoms with Gasteiger partial charge in [0.2, 0.25) is 0 Å². The van der Waals surface area contributed by atoms with Crippen molar-refractivity contribution in [2.75, 3.05) is 0 Å². The van der Waals surface area contributed by atoms with E-state index in [9.17, 15) is 34.4 Å². The molecule has 0 radical (unpaired) electrons. The summed E-state index contributed by atoms with van der Waals surface area (Å²) in [4.78, 5) is 0. The third-order valence-electron chi connectivity index (χ3n) is 6.39. The third-order valence-corrected chi connectivity index (χ3v) is 7.08. The first-order chi connectivity index (χ1) is 23.4. The molecular formula is C37H38F4N2O4S2Ti. The number of benzene rings is 3. The summed E-state index contributed by atoms with van der Waals surface area (Å²) >= 11 is 0. The minimum absolute atomic E-state index is 0. The molecule has 5 rings (SSSR count). The zero-order chi connectivity index (χ0) is 36.4. The van der Waals surface area contributed by atoms with Gasteiger partial charge in [-0.25, -0.2) is 41.9 Å². The van der Waals surface area contributed by atoms with Crippen molar-refractivity contribution in [3.63, 3.8) is 0 Å². The van der Waals surface area contributed by atoms with Gasteiger partial charge in [0, 0.05) is 34.6 Å². The number of halogens is 4. The minimum atomic E-state index is -2.74. The predicted molar refractivity (Wildman–Crippen MR) is 184 cm³/mol. The van der Waals surface area contributed by atoms with Crippen molar-refractivity contribution in [1.29, 1.82) is 0 Å². The van der Waals surface area contributed by atoms with Crippen molar-refractivity contribution in [3.8, 4) is 0 Å². The van der Waals surface area contributed by atoms with E-state index in [-0.39, 0.29) is 21.7 Å². The molecule has 0 bridgehead atoms. The second-order valence-corrected chi connectivity index (χ2v) is 11.5. The molecule has 0 aliphatic heterocycles. The van der Waals surface area contributed by atoms with Crippen molar-refractivity contribution in [1.82, 2.24) is 0 Å². The first kappa shape index (κ1) is 46.3. The molecular weight excluding hydrogens is 724 g/mol. The molecule has 264 valence electrons. The van der Waals surface area contributed by atoms with Crippen LogP contribution in [0.25, 0.3) is 0 Å². The molecule has 0 aromatic heterocycles. The van der Waals surface area contributed by atoms with Crippen LogP contribution < -0.4 is 0 Å². The van der Waals surface area contributed by atoms with E-state index >= 15 is 0 Å². The minimum Gasteiger partial charge on any atom is -0.273 e. The molecule has 0 amide bonds. The molecule has 3 aromatic rings. The average molecular weight is 763 g/mol. The Labute approximate surface area is 311 Å². The van der Waals surface area contributed by atoms with Crippen LogP contribution >= 0.6 is 0 Å². The van der Waals surface area contributed by atoms with E-state index in [1.54, 1.807) is 12.1 Å². The fourth-order valence-electron chi connectivity index (χ4n) is 3.85. The zero-order valence-electron chi connectivity index (χ0n) is 28.0. The van der Waals surface area contributed by atoms with Crippen LogP contribution in [0, 0.1) is 60.4 Å². The van der Waals surface area contributed by atoms with Gasteiger partial charge in [0.25, 0.3) is 0 Å². The van der Waals surface area contributed by atoms with Crippen LogP contribution in [0.15, 0.2) is 93.7 Å². The second-order valence-electron chi connectivity index (χ2n) is 10.2. The summed E-state index contributed by atoms with van der Waals surface area (Å²) in [6.07, 6.45) is 26.7. The summed E-state index contributed by atoms with van der Waals surface area (Å²) in [6, 6.07) is 15.9. The van der Waals surface area contributed by atoms with Crippen molar-refractivity contribution in [2.24, 2.45) is 14.6 Å². The van der Waals surface area contributed by atoms with E-state index < -0.39 is 55.6 Å². The molecule has 6 nitrogen and oxygen atoms in total. The molecule has 1 unspecified atom stereocenters. The van der Waals surface area contributed by atoms with Gasteiger partial charge in [-0.3, -0.25) is 12.2 Å². The Bertz CT molecular complexity index is 1700. The maximum absolute atomic E-state index is 12.5. The van der Waals surface area contributed by atoms with Gasteiger partial charge in [0.05, 0.1) is 0 Å². The zero-order valence-corrected chi connectivity index (χ0v) is 31.2. The first-order valence-corrected chi connectivity index (χ1v) is 17.4. The monoisotopic (exact) mass is 762 g/mol. The van der Waals surface area contributed by atoms with Gasteiger partial charge in [-0.15, -0.1) is 49.2 Å². The molecule has 0 saturated heterocycles. The van der Waals surface area contributed by atoms with Crippen molar-refractivity contribution >= 4 is 32.4 Å². The fourth-order valence-corrected chi connectivity index (χ4v) is 4.46. The largest absolute Gasteiger partial charge is 4.00 e. The maximum atomic E-state index is 12.5. The summed E-state index contributed by atoms with van der Waals surface area (Å²) in [5.41, 5.74) is 1.96. The number of rotatable bonds is 8. The smallest absolute Gasteiger partial charge is 0.273 e. The Kier molecular flexibility index (Phi) is 26.0. The topological polar surface area (TPSA) is 93.0 Å². The van der Waals surface area contributed by atoms with Crippen LogP contribution in [0.2, 0.25) is 0 Å². The standard InChI is InChI=1S/C15H24.2C6H2F2NO2S.2C5H5.Ti/c1-4-6-7-14(5-2)12-15-10-8-13(3)9-11-15;2*7-4-1-2-6(5(8)3-4)9-12(10)11;2*1-2-4-5-3-1;/h8-11,14H,4-7,12H2,1-3H3;2*1-2H;2*1-3H,4H2;/q;4*-1;+4. The Balaban J connectivity index is 0.000000628. The summed E-state index contributed by atoms with van der Waals surface area (Å²) in [5, 5.41) is 0. The average Bonchev–Trinajstić information content (AvgIpc) is 3.84. The van der Waals surface area contributed by atoms with Crippen LogP contribution in [-0.2, 0) is 49.1 Å². The second kappa shape index (κ2) is 28.0. The van der Waals surface area contributed by atoms with Gasteiger partial charge in [-0.05, 0) is 24.8 Å². The molecule has 0 spiro atoms. The Morgan fingerprint density at radius 1 is 0.720 bits per heavy atom. The van der Waals surface area contributed by atoms with Crippen LogP contribution in [0.1, 0.15) is 63.5 Å². The molecule has 1 atom stereocenters. The molecule has 0 fully saturated rings. The predicted octanol–water partition coefficient (Wildman–Crippen LogP) is 10.3. The van der Waals surface area contributed by atoms with Crippen molar-refractivity contribution in [3.05, 3.63) is 144 Å². The summed E-state index contributed by atoms with van der Waals surface area (Å²) in [5.74, 6) is -3.17. The molecule has 0 saturated carbocycles. The first-order valence-electron chi connectivity index (χ1n) is 15.3. The van der Waals surface area contributed by atoms with Crippen LogP contribution in [0.4, 0.5) is 28.9 Å². The normalized spacial score (nSPS) is 11.9. The summed E-state index contributed by atoms with van der Waals surface area (Å²) in [7, 11) is -5.48. The van der Waals surface area contributed by atoms with Gasteiger partial charge >= 0.3 is 42.7 Å². The molecule has 13 heteroatoms. The Morgan fingerprint density at radius 3 is 1.48 bits per heavy atom. The van der Waals surface area contributed by atoms with E-state index in [0.29, 0.717) is 0 Å². The van der Waals surface area contributed by atoms with E-state index in [2.05, 4.69) is 78.1 Å². The molecule has 0 N–H and O–H groups in total. The van der Waals surface area contributed by atoms with Gasteiger partial charge in [0.1, 0.15) is 0 Å². The molecule has 50 heavy (non-hydrogen) atoms. The molecule has 2 aliphatic rings. The van der Waals surface area contributed by atoms with Crippen molar-refractivity contribution in [2.45, 2.75) is 65.7 Å². The van der Waals surface area contributed by atoms with E-state index in [1.807, 2.05) is 24.3 Å². The van der Waals surface area contributed by atoms with Crippen LogP contribution in [-0.4, -0.2) is 16.8 Å². The third kappa shape index (κ3) is 22.8. The van der Waals surface area contributed by atoms with E-state index in [0.717, 1.165) is 43.0 Å². The fraction of sp³-hybridized carbons (Fsp3) is 0.297. The molecule has 3 aromatic carbocycles. The summed E-state index contributed by atoms with van der Waals surface area (Å²) < 4.78 is 95.0. The SMILES string of the molecule is CCCCC(CC)Cc1ccc(C)cc1.O=S(=O)=Nc1ccc(F)[c-]c1F.O=S(=O)=Nc1ccc(F)[c-]c1F.[C-]1=CC=CC1.[C-]1=CC=CC1.[Ti+4]. The van der Waals surface area contributed by atoms with Gasteiger partial charge < -0.3 is 0 Å². The van der Waals surface area contributed by atoms with E-state index in [1.165, 1.54) is 43.2 Å². The van der Waals surface area contributed by atoms with Crippen LogP contribution in [0.3, 0.4) is 0 Å². The number of allylic oxidation sites excluding steroid dienone is 8. The number of hydrogen-bond donors (Lipinski definition) is 0. The van der Waals surface area contributed by atoms with Crippen molar-refractivity contribution < 1.29 is 56.1 Å². The number of nitrogens with zero attached hydrogens (tertiary/aromatic N) is 2. The van der Waals surface area contributed by atoms with Crippen LogP contribution in [0.5, 0.6) is 0 Å². The number of unbranched alkanes of at least 4 members (excludes halogenated alkanes) is 1. The number of hydrogen-bond acceptors (Lipinski definition) is 6. The Hall–Kier alpha value is -3.71. The molecule has 2 aliphatic carbocycles.